The van der Waals surface area contributed by atoms with E-state index in [9.17, 15) is 0 Å². The van der Waals surface area contributed by atoms with Gasteiger partial charge in [0.1, 0.15) is 5.82 Å². The van der Waals surface area contributed by atoms with Gasteiger partial charge in [0.25, 0.3) is 0 Å². The number of methoxy groups -OCH3 is 1. The van der Waals surface area contributed by atoms with E-state index in [0.717, 1.165) is 23.6 Å². The van der Waals surface area contributed by atoms with Crippen molar-refractivity contribution in [3.05, 3.63) is 23.4 Å². The molecule has 0 aliphatic rings. The molecule has 0 fully saturated rings. The van der Waals surface area contributed by atoms with E-state index < -0.39 is 0 Å². The van der Waals surface area contributed by atoms with Crippen molar-refractivity contribution in [3.8, 4) is 0 Å². The third kappa shape index (κ3) is 5.09. The summed E-state index contributed by atoms with van der Waals surface area (Å²) in [6.45, 7) is 7.95. The first-order valence-electron chi connectivity index (χ1n) is 5.67. The molecule has 16 heavy (non-hydrogen) atoms. The average molecular weight is 225 g/mol. The number of hydrogen-bond donors (Lipinski definition) is 2. The molecule has 92 valence electrons. The molecule has 4 heteroatoms. The molecular weight excluding hydrogens is 202 g/mol. The SMILES string of the molecule is CC.COCCNc1ccc(CN)c(C)n1. The topological polar surface area (TPSA) is 60.2 Å². The maximum absolute atomic E-state index is 5.54. The number of ether oxygens (including phenoxy) is 1. The Hall–Kier alpha value is -1.13. The summed E-state index contributed by atoms with van der Waals surface area (Å²) in [5.41, 5.74) is 7.61. The van der Waals surface area contributed by atoms with Crippen LogP contribution in [0.2, 0.25) is 0 Å². The lowest BCUT2D eigenvalue weighted by atomic mass is 10.2. The molecule has 3 N–H and O–H groups in total. The summed E-state index contributed by atoms with van der Waals surface area (Å²) in [5.74, 6) is 0.872. The zero-order chi connectivity index (χ0) is 12.4. The average Bonchev–Trinajstić information content (AvgIpc) is 2.32. The Morgan fingerprint density at radius 3 is 2.56 bits per heavy atom. The Morgan fingerprint density at radius 1 is 1.38 bits per heavy atom. The zero-order valence-corrected chi connectivity index (χ0v) is 10.7. The number of anilines is 1. The van der Waals surface area contributed by atoms with Crippen molar-refractivity contribution < 1.29 is 4.74 Å². The smallest absolute Gasteiger partial charge is 0.126 e. The molecule has 0 amide bonds. The van der Waals surface area contributed by atoms with Crippen molar-refractivity contribution in [1.29, 1.82) is 0 Å². The minimum Gasteiger partial charge on any atom is -0.383 e. The quantitative estimate of drug-likeness (QED) is 0.752. The monoisotopic (exact) mass is 225 g/mol. The van der Waals surface area contributed by atoms with Gasteiger partial charge in [-0.05, 0) is 18.6 Å². The highest BCUT2D eigenvalue weighted by molar-refractivity contribution is 5.38. The molecule has 4 nitrogen and oxygen atoms in total. The van der Waals surface area contributed by atoms with Crippen LogP contribution in [0.5, 0.6) is 0 Å². The van der Waals surface area contributed by atoms with Crippen LogP contribution in [0.1, 0.15) is 25.1 Å². The minimum absolute atomic E-state index is 0.539. The van der Waals surface area contributed by atoms with Gasteiger partial charge >= 0.3 is 0 Å². The fraction of sp³-hybridized carbons (Fsp3) is 0.583. The van der Waals surface area contributed by atoms with Crippen LogP contribution in [-0.2, 0) is 11.3 Å². The zero-order valence-electron chi connectivity index (χ0n) is 10.7. The van der Waals surface area contributed by atoms with Gasteiger partial charge in [0.15, 0.2) is 0 Å². The van der Waals surface area contributed by atoms with Crippen LogP contribution in [0, 0.1) is 6.92 Å². The number of aryl methyl sites for hydroxylation is 1. The predicted molar refractivity (Wildman–Crippen MR) is 68.6 cm³/mol. The summed E-state index contributed by atoms with van der Waals surface area (Å²) in [6.07, 6.45) is 0. The molecule has 0 bridgehead atoms. The number of pyridine rings is 1. The number of rotatable bonds is 5. The van der Waals surface area contributed by atoms with Crippen molar-refractivity contribution in [2.24, 2.45) is 5.73 Å². The van der Waals surface area contributed by atoms with Gasteiger partial charge in [0.2, 0.25) is 0 Å². The van der Waals surface area contributed by atoms with Crippen molar-refractivity contribution in [1.82, 2.24) is 4.98 Å². The first-order valence-corrected chi connectivity index (χ1v) is 5.67. The van der Waals surface area contributed by atoms with Gasteiger partial charge in [-0.15, -0.1) is 0 Å². The van der Waals surface area contributed by atoms with Crippen LogP contribution >= 0.6 is 0 Å². The van der Waals surface area contributed by atoms with Gasteiger partial charge in [0.05, 0.1) is 6.61 Å². The molecule has 0 spiro atoms. The van der Waals surface area contributed by atoms with E-state index in [0.29, 0.717) is 13.2 Å². The number of aromatic nitrogens is 1. The molecule has 0 aliphatic carbocycles. The lowest BCUT2D eigenvalue weighted by molar-refractivity contribution is 0.210. The maximum atomic E-state index is 5.54. The van der Waals surface area contributed by atoms with Crippen LogP contribution in [0.25, 0.3) is 0 Å². The Morgan fingerprint density at radius 2 is 2.06 bits per heavy atom. The second-order valence-corrected chi connectivity index (χ2v) is 3.06. The van der Waals surface area contributed by atoms with E-state index in [1.165, 1.54) is 0 Å². The second kappa shape index (κ2) is 9.12. The predicted octanol–water partition coefficient (Wildman–Crippen LogP) is 1.93. The normalized spacial score (nSPS) is 9.31. The lowest BCUT2D eigenvalue weighted by Gasteiger charge is -2.07. The van der Waals surface area contributed by atoms with Crippen LogP contribution in [0.15, 0.2) is 12.1 Å². The third-order valence-electron chi connectivity index (χ3n) is 2.03. The summed E-state index contributed by atoms with van der Waals surface area (Å²) in [7, 11) is 1.68. The Labute approximate surface area is 98.2 Å². The van der Waals surface area contributed by atoms with Crippen molar-refractivity contribution in [2.75, 3.05) is 25.6 Å². The summed E-state index contributed by atoms with van der Waals surface area (Å²) in [4.78, 5) is 4.37. The largest absolute Gasteiger partial charge is 0.383 e. The molecule has 0 atom stereocenters. The molecule has 0 aromatic carbocycles. The minimum atomic E-state index is 0.539. The van der Waals surface area contributed by atoms with E-state index in [1.807, 2.05) is 32.9 Å². The van der Waals surface area contributed by atoms with Crippen LogP contribution in [-0.4, -0.2) is 25.2 Å². The van der Waals surface area contributed by atoms with E-state index in [2.05, 4.69) is 10.3 Å². The molecule has 1 aromatic heterocycles. The van der Waals surface area contributed by atoms with Gasteiger partial charge in [0, 0.05) is 25.9 Å². The van der Waals surface area contributed by atoms with Gasteiger partial charge in [-0.3, -0.25) is 0 Å². The highest BCUT2D eigenvalue weighted by atomic mass is 16.5. The van der Waals surface area contributed by atoms with Gasteiger partial charge < -0.3 is 15.8 Å². The summed E-state index contributed by atoms with van der Waals surface area (Å²) >= 11 is 0. The fourth-order valence-corrected chi connectivity index (χ4v) is 1.19. The lowest BCUT2D eigenvalue weighted by Crippen LogP contribution is -2.10. The molecule has 0 aliphatic heterocycles. The molecule has 1 heterocycles. The van der Waals surface area contributed by atoms with Crippen molar-refractivity contribution >= 4 is 5.82 Å². The van der Waals surface area contributed by atoms with E-state index in [4.69, 9.17) is 10.5 Å². The third-order valence-corrected chi connectivity index (χ3v) is 2.03. The van der Waals surface area contributed by atoms with Gasteiger partial charge in [-0.2, -0.15) is 0 Å². The highest BCUT2D eigenvalue weighted by Gasteiger charge is 1.98. The molecule has 1 rings (SSSR count). The number of hydrogen-bond acceptors (Lipinski definition) is 4. The van der Waals surface area contributed by atoms with Gasteiger partial charge in [-0.25, -0.2) is 4.98 Å². The Bertz CT molecular complexity index is 290. The summed E-state index contributed by atoms with van der Waals surface area (Å²) in [5, 5.41) is 3.16. The van der Waals surface area contributed by atoms with Crippen LogP contribution in [0.4, 0.5) is 5.82 Å². The van der Waals surface area contributed by atoms with Crippen molar-refractivity contribution in [2.45, 2.75) is 27.3 Å². The first kappa shape index (κ1) is 14.9. The molecule has 0 unspecified atom stereocenters. The molecular formula is C12H23N3O. The van der Waals surface area contributed by atoms with E-state index in [1.54, 1.807) is 7.11 Å². The summed E-state index contributed by atoms with van der Waals surface area (Å²) in [6, 6.07) is 3.93. The van der Waals surface area contributed by atoms with Crippen LogP contribution in [0.3, 0.4) is 0 Å². The maximum Gasteiger partial charge on any atom is 0.126 e. The Kier molecular flexibility index (Phi) is 8.48. The molecule has 0 saturated carbocycles. The number of nitrogens with two attached hydrogens (primary N) is 1. The Balaban J connectivity index is 0.00000106. The highest BCUT2D eigenvalue weighted by Crippen LogP contribution is 2.09. The second-order valence-electron chi connectivity index (χ2n) is 3.06. The van der Waals surface area contributed by atoms with E-state index >= 15 is 0 Å². The van der Waals surface area contributed by atoms with Crippen molar-refractivity contribution in [3.63, 3.8) is 0 Å². The van der Waals surface area contributed by atoms with Gasteiger partial charge in [-0.1, -0.05) is 19.9 Å². The summed E-state index contributed by atoms with van der Waals surface area (Å²) < 4.78 is 4.93. The van der Waals surface area contributed by atoms with E-state index in [-0.39, 0.29) is 0 Å². The molecule has 0 radical (unpaired) electrons. The number of nitrogens with zero attached hydrogens (tertiary/aromatic N) is 1. The van der Waals surface area contributed by atoms with Crippen LogP contribution < -0.4 is 11.1 Å². The standard InChI is InChI=1S/C10H17N3O.C2H6/c1-8-9(7-11)3-4-10(13-8)12-5-6-14-2;1-2/h3-4H,5-7,11H2,1-2H3,(H,12,13);1-2H3. The molecule has 1 aromatic rings. The fourth-order valence-electron chi connectivity index (χ4n) is 1.19. The first-order chi connectivity index (χ1) is 7.77. The number of nitrogens with one attached hydrogen (secondary N) is 1. The molecule has 0 saturated heterocycles.